The highest BCUT2D eigenvalue weighted by Crippen LogP contribution is 2.35. The van der Waals surface area contributed by atoms with Gasteiger partial charge in [0.15, 0.2) is 0 Å². The highest BCUT2D eigenvalue weighted by Gasteiger charge is 2.35. The van der Waals surface area contributed by atoms with Crippen LogP contribution in [-0.4, -0.2) is 50.3 Å². The predicted molar refractivity (Wildman–Crippen MR) is 69.4 cm³/mol. The zero-order chi connectivity index (χ0) is 12.8. The fraction of sp³-hybridized carbons (Fsp3) is 0.929. The Morgan fingerprint density at radius 2 is 1.94 bits per heavy atom. The number of hydrogen-bond acceptors (Lipinski definition) is 3. The van der Waals surface area contributed by atoms with Gasteiger partial charge in [-0.25, -0.2) is 0 Å². The van der Waals surface area contributed by atoms with E-state index in [1.165, 1.54) is 32.1 Å². The lowest BCUT2D eigenvalue weighted by Gasteiger charge is -2.44. The number of hydrogen-bond donors (Lipinski definition) is 0. The first-order chi connectivity index (χ1) is 8.83. The van der Waals surface area contributed by atoms with Gasteiger partial charge in [0.2, 0.25) is 5.91 Å². The maximum Gasteiger partial charge on any atom is 0.248 e. The van der Waals surface area contributed by atoms with E-state index < -0.39 is 0 Å². The van der Waals surface area contributed by atoms with Crippen molar-refractivity contribution in [3.05, 3.63) is 0 Å². The molecule has 2 rings (SSSR count). The van der Waals surface area contributed by atoms with Gasteiger partial charge in [-0.05, 0) is 31.6 Å². The van der Waals surface area contributed by atoms with Crippen molar-refractivity contribution in [3.8, 4) is 0 Å². The summed E-state index contributed by atoms with van der Waals surface area (Å²) in [7, 11) is 1.64. The van der Waals surface area contributed by atoms with Crippen molar-refractivity contribution in [2.75, 3.05) is 33.5 Å². The van der Waals surface area contributed by atoms with Crippen LogP contribution in [0.1, 0.15) is 38.5 Å². The van der Waals surface area contributed by atoms with Gasteiger partial charge in [0.05, 0.1) is 13.2 Å². The molecule has 0 N–H and O–H groups in total. The highest BCUT2D eigenvalue weighted by molar-refractivity contribution is 5.78. The van der Waals surface area contributed by atoms with Crippen LogP contribution in [0.5, 0.6) is 0 Å². The molecule has 1 saturated heterocycles. The highest BCUT2D eigenvalue weighted by atomic mass is 16.5. The molecule has 18 heavy (non-hydrogen) atoms. The average molecular weight is 255 g/mol. The minimum atomic E-state index is 0.169. The largest absolute Gasteiger partial charge is 0.382 e. The van der Waals surface area contributed by atoms with Gasteiger partial charge in [-0.1, -0.05) is 12.8 Å². The number of likely N-dealkylation sites (tertiary alicyclic amines) is 1. The van der Waals surface area contributed by atoms with Crippen LogP contribution in [0.4, 0.5) is 0 Å². The molecular weight excluding hydrogens is 230 g/mol. The summed E-state index contributed by atoms with van der Waals surface area (Å²) in [6.07, 6.45) is 7.57. The fourth-order valence-electron chi connectivity index (χ4n) is 3.32. The third kappa shape index (κ3) is 3.45. The number of nitrogens with zero attached hydrogens (tertiary/aromatic N) is 1. The molecule has 0 aromatic heterocycles. The van der Waals surface area contributed by atoms with E-state index in [0.717, 1.165) is 18.9 Å². The summed E-state index contributed by atoms with van der Waals surface area (Å²) in [5.41, 5.74) is 0. The SMILES string of the molecule is COCCOCC(=O)N1CCCC2CCCCC21. The Morgan fingerprint density at radius 3 is 2.78 bits per heavy atom. The lowest BCUT2D eigenvalue weighted by molar-refractivity contribution is -0.142. The summed E-state index contributed by atoms with van der Waals surface area (Å²) in [6.45, 7) is 2.20. The van der Waals surface area contributed by atoms with E-state index >= 15 is 0 Å². The monoisotopic (exact) mass is 255 g/mol. The maximum absolute atomic E-state index is 12.2. The van der Waals surface area contributed by atoms with E-state index in [0.29, 0.717) is 19.3 Å². The van der Waals surface area contributed by atoms with E-state index in [1.54, 1.807) is 7.11 Å². The maximum atomic E-state index is 12.2. The first-order valence-corrected chi connectivity index (χ1v) is 7.19. The van der Waals surface area contributed by atoms with Gasteiger partial charge < -0.3 is 14.4 Å². The first kappa shape index (κ1) is 13.8. The van der Waals surface area contributed by atoms with Gasteiger partial charge in [0.1, 0.15) is 6.61 Å². The van der Waals surface area contributed by atoms with E-state index in [9.17, 15) is 4.79 Å². The summed E-state index contributed by atoms with van der Waals surface area (Å²) in [5, 5.41) is 0. The zero-order valence-corrected chi connectivity index (χ0v) is 11.4. The van der Waals surface area contributed by atoms with E-state index in [4.69, 9.17) is 9.47 Å². The minimum absolute atomic E-state index is 0.169. The molecule has 1 aliphatic carbocycles. The smallest absolute Gasteiger partial charge is 0.248 e. The summed E-state index contributed by atoms with van der Waals surface area (Å²) >= 11 is 0. The number of methoxy groups -OCH3 is 1. The van der Waals surface area contributed by atoms with Crippen molar-refractivity contribution < 1.29 is 14.3 Å². The third-order valence-corrected chi connectivity index (χ3v) is 4.22. The van der Waals surface area contributed by atoms with E-state index in [2.05, 4.69) is 4.90 Å². The molecule has 1 aliphatic heterocycles. The van der Waals surface area contributed by atoms with Gasteiger partial charge in [0.25, 0.3) is 0 Å². The van der Waals surface area contributed by atoms with Gasteiger partial charge >= 0.3 is 0 Å². The Morgan fingerprint density at radius 1 is 1.17 bits per heavy atom. The van der Waals surface area contributed by atoms with Crippen LogP contribution < -0.4 is 0 Å². The molecule has 1 saturated carbocycles. The fourth-order valence-corrected chi connectivity index (χ4v) is 3.32. The summed E-state index contributed by atoms with van der Waals surface area (Å²) < 4.78 is 10.3. The van der Waals surface area contributed by atoms with Gasteiger partial charge in [0, 0.05) is 19.7 Å². The zero-order valence-electron chi connectivity index (χ0n) is 11.4. The second kappa shape index (κ2) is 7.10. The van der Waals surface area contributed by atoms with Crippen LogP contribution >= 0.6 is 0 Å². The Bertz CT molecular complexity index is 268. The summed E-state index contributed by atoms with van der Waals surface area (Å²) in [5.74, 6) is 0.915. The molecular formula is C14H25NO3. The molecule has 0 aromatic rings. The molecule has 2 aliphatic rings. The molecule has 0 aromatic carbocycles. The van der Waals surface area contributed by atoms with E-state index in [1.807, 2.05) is 0 Å². The molecule has 0 spiro atoms. The Kier molecular flexibility index (Phi) is 5.45. The Hall–Kier alpha value is -0.610. The predicted octanol–water partition coefficient (Wildman–Crippen LogP) is 1.83. The molecule has 4 heteroatoms. The van der Waals surface area contributed by atoms with Crippen molar-refractivity contribution in [2.24, 2.45) is 5.92 Å². The normalized spacial score (nSPS) is 27.9. The molecule has 2 fully saturated rings. The average Bonchev–Trinajstić information content (AvgIpc) is 2.43. The molecule has 4 nitrogen and oxygen atoms in total. The molecule has 2 unspecified atom stereocenters. The number of ether oxygens (including phenoxy) is 2. The molecule has 1 heterocycles. The van der Waals surface area contributed by atoms with Crippen LogP contribution in [-0.2, 0) is 14.3 Å². The number of amides is 1. The number of carbonyl (C=O) groups excluding carboxylic acids is 1. The Balaban J connectivity index is 1.80. The van der Waals surface area contributed by atoms with Gasteiger partial charge in [-0.2, -0.15) is 0 Å². The standard InChI is InChI=1S/C14H25NO3/c1-17-9-10-18-11-14(16)15-8-4-6-12-5-2-3-7-13(12)15/h12-13H,2-11H2,1H3. The molecule has 0 radical (unpaired) electrons. The molecule has 104 valence electrons. The van der Waals surface area contributed by atoms with Crippen LogP contribution in [0.2, 0.25) is 0 Å². The first-order valence-electron chi connectivity index (χ1n) is 7.19. The third-order valence-electron chi connectivity index (χ3n) is 4.22. The van der Waals surface area contributed by atoms with Gasteiger partial charge in [-0.15, -0.1) is 0 Å². The topological polar surface area (TPSA) is 38.8 Å². The number of carbonyl (C=O) groups is 1. The van der Waals surface area contributed by atoms with Gasteiger partial charge in [-0.3, -0.25) is 4.79 Å². The number of rotatable bonds is 5. The summed E-state index contributed by atoms with van der Waals surface area (Å²) in [6, 6.07) is 0.492. The number of piperidine rings is 1. The van der Waals surface area contributed by atoms with E-state index in [-0.39, 0.29) is 12.5 Å². The molecule has 2 atom stereocenters. The summed E-state index contributed by atoms with van der Waals surface area (Å²) in [4.78, 5) is 14.3. The number of fused-ring (bicyclic) bond motifs is 1. The van der Waals surface area contributed by atoms with Crippen molar-refractivity contribution in [3.63, 3.8) is 0 Å². The minimum Gasteiger partial charge on any atom is -0.382 e. The Labute approximate surface area is 110 Å². The van der Waals surface area contributed by atoms with Crippen molar-refractivity contribution in [1.82, 2.24) is 4.90 Å². The quantitative estimate of drug-likeness (QED) is 0.704. The lowest BCUT2D eigenvalue weighted by Crippen LogP contribution is -2.50. The molecule has 1 amide bonds. The van der Waals surface area contributed by atoms with Crippen LogP contribution in [0.15, 0.2) is 0 Å². The molecule has 0 bridgehead atoms. The van der Waals surface area contributed by atoms with Crippen molar-refractivity contribution in [2.45, 2.75) is 44.6 Å². The second-order valence-electron chi connectivity index (χ2n) is 5.39. The lowest BCUT2D eigenvalue weighted by atomic mass is 9.78. The van der Waals surface area contributed by atoms with Crippen LogP contribution in [0.25, 0.3) is 0 Å². The van der Waals surface area contributed by atoms with Crippen LogP contribution in [0, 0.1) is 5.92 Å². The van der Waals surface area contributed by atoms with Crippen molar-refractivity contribution >= 4 is 5.91 Å². The van der Waals surface area contributed by atoms with Crippen molar-refractivity contribution in [1.29, 1.82) is 0 Å². The second-order valence-corrected chi connectivity index (χ2v) is 5.39. The van der Waals surface area contributed by atoms with Crippen LogP contribution in [0.3, 0.4) is 0 Å².